The average molecular weight is 503 g/mol. The van der Waals surface area contributed by atoms with Crippen molar-refractivity contribution in [3.8, 4) is 0 Å². The fourth-order valence-corrected chi connectivity index (χ4v) is 4.10. The molecule has 0 radical (unpaired) electrons. The third kappa shape index (κ3) is 7.02. The minimum atomic E-state index is -4.42. The van der Waals surface area contributed by atoms with E-state index in [1.165, 1.54) is 21.9 Å². The Morgan fingerprint density at radius 3 is 2.25 bits per heavy atom. The molecule has 1 aromatic heterocycles. The topological polar surface area (TPSA) is 59.7 Å². The number of fused-ring (bicyclic) bond motifs is 1. The first-order valence-corrected chi connectivity index (χ1v) is 11.9. The van der Waals surface area contributed by atoms with Gasteiger partial charge in [-0.15, -0.1) is 0 Å². The number of hydrogen-bond donors (Lipinski definition) is 1. The molecule has 1 heterocycles. The molecule has 0 spiro atoms. The van der Waals surface area contributed by atoms with Crippen LogP contribution in [-0.2, 0) is 23.9 Å². The summed E-state index contributed by atoms with van der Waals surface area (Å²) in [6, 6.07) is 12.4. The number of benzene rings is 2. The van der Waals surface area contributed by atoms with Crippen LogP contribution in [0.15, 0.2) is 54.7 Å². The molecule has 36 heavy (non-hydrogen) atoms. The largest absolute Gasteiger partial charge is 0.416 e. The highest BCUT2D eigenvalue weighted by atomic mass is 19.4. The lowest BCUT2D eigenvalue weighted by molar-refractivity contribution is -0.137. The predicted octanol–water partition coefficient (Wildman–Crippen LogP) is 5.40. The highest BCUT2D eigenvalue weighted by Crippen LogP contribution is 2.29. The number of halogens is 3. The van der Waals surface area contributed by atoms with E-state index >= 15 is 0 Å². The Kier molecular flexibility index (Phi) is 8.66. The van der Waals surface area contributed by atoms with Crippen LogP contribution in [0.1, 0.15) is 30.5 Å². The average Bonchev–Trinajstić information content (AvgIpc) is 3.23. The van der Waals surface area contributed by atoms with Crippen molar-refractivity contribution in [2.75, 3.05) is 33.7 Å². The van der Waals surface area contributed by atoms with Crippen molar-refractivity contribution in [1.82, 2.24) is 19.7 Å². The van der Waals surface area contributed by atoms with E-state index in [0.717, 1.165) is 28.6 Å². The summed E-state index contributed by atoms with van der Waals surface area (Å²) in [6.45, 7) is 4.75. The van der Waals surface area contributed by atoms with Crippen LogP contribution < -0.4 is 0 Å². The van der Waals surface area contributed by atoms with Gasteiger partial charge in [0.1, 0.15) is 6.54 Å². The van der Waals surface area contributed by atoms with Crippen molar-refractivity contribution in [3.63, 3.8) is 0 Å². The zero-order chi connectivity index (χ0) is 26.5. The number of hydrogen-bond acceptors (Lipinski definition) is 2. The van der Waals surface area contributed by atoms with Crippen molar-refractivity contribution in [2.24, 2.45) is 5.92 Å². The van der Waals surface area contributed by atoms with Crippen LogP contribution in [0, 0.1) is 5.92 Å². The summed E-state index contributed by atoms with van der Waals surface area (Å²) in [5.74, 6) is -0.0955. The number of aromatic amines is 1. The first-order valence-electron chi connectivity index (χ1n) is 11.9. The van der Waals surface area contributed by atoms with Gasteiger partial charge in [-0.1, -0.05) is 44.2 Å². The van der Waals surface area contributed by atoms with Gasteiger partial charge in [-0.3, -0.25) is 4.79 Å². The second-order valence-electron chi connectivity index (χ2n) is 9.57. The summed E-state index contributed by atoms with van der Waals surface area (Å²) in [5, 5.41) is 1.06. The minimum Gasteiger partial charge on any atom is -0.361 e. The normalized spacial score (nSPS) is 11.7. The van der Waals surface area contributed by atoms with Gasteiger partial charge in [-0.25, -0.2) is 4.79 Å². The highest BCUT2D eigenvalue weighted by Gasteiger charge is 2.30. The molecule has 0 fully saturated rings. The van der Waals surface area contributed by atoms with E-state index in [1.54, 1.807) is 19.0 Å². The van der Waals surface area contributed by atoms with Gasteiger partial charge in [0.15, 0.2) is 0 Å². The Balaban J connectivity index is 1.82. The molecule has 1 N–H and O–H groups in total. The van der Waals surface area contributed by atoms with Crippen molar-refractivity contribution < 1.29 is 22.8 Å². The first-order chi connectivity index (χ1) is 17.0. The third-order valence-electron chi connectivity index (χ3n) is 5.90. The number of para-hydroxylation sites is 1. The molecule has 2 aromatic carbocycles. The lowest BCUT2D eigenvalue weighted by atomic mass is 10.1. The lowest BCUT2D eigenvalue weighted by Gasteiger charge is -2.30. The maximum atomic E-state index is 13.4. The van der Waals surface area contributed by atoms with Gasteiger partial charge in [0.2, 0.25) is 5.91 Å². The minimum absolute atomic E-state index is 0.107. The Bertz CT molecular complexity index is 1170. The number of rotatable bonds is 9. The van der Waals surface area contributed by atoms with Crippen LogP contribution in [0.25, 0.3) is 10.9 Å². The Labute approximate surface area is 209 Å². The summed E-state index contributed by atoms with van der Waals surface area (Å²) in [4.78, 5) is 33.9. The maximum Gasteiger partial charge on any atom is 0.416 e. The van der Waals surface area contributed by atoms with Crippen LogP contribution in [0.4, 0.5) is 18.0 Å². The molecule has 0 aliphatic rings. The molecule has 0 saturated carbocycles. The number of nitrogens with one attached hydrogen (secondary N) is 1. The van der Waals surface area contributed by atoms with E-state index in [1.807, 2.05) is 44.3 Å². The number of carbonyl (C=O) groups is 2. The Hall–Kier alpha value is -3.49. The zero-order valence-electron chi connectivity index (χ0n) is 21.1. The standard InChI is InChI=1S/C27H33F3N4O2/c1-19(2)16-34(26(36)32(3)4)18-25(35)33(17-20-9-11-22(12-10-20)27(28,29)30)14-13-21-15-31-24-8-6-5-7-23(21)24/h5-12,15,19,31H,13-14,16-18H2,1-4H3. The van der Waals surface area contributed by atoms with Gasteiger partial charge < -0.3 is 19.7 Å². The molecular formula is C27H33F3N4O2. The van der Waals surface area contributed by atoms with Gasteiger partial charge in [0.05, 0.1) is 5.56 Å². The number of alkyl halides is 3. The molecule has 3 rings (SSSR count). The first kappa shape index (κ1) is 27.1. The van der Waals surface area contributed by atoms with E-state index in [0.29, 0.717) is 25.1 Å². The summed E-state index contributed by atoms with van der Waals surface area (Å²) in [6.07, 6.45) is -1.96. The summed E-state index contributed by atoms with van der Waals surface area (Å²) >= 11 is 0. The predicted molar refractivity (Wildman–Crippen MR) is 134 cm³/mol. The quantitative estimate of drug-likeness (QED) is 0.426. The van der Waals surface area contributed by atoms with E-state index in [2.05, 4.69) is 4.98 Å². The van der Waals surface area contributed by atoms with Crippen LogP contribution in [-0.4, -0.2) is 65.4 Å². The number of amides is 3. The smallest absolute Gasteiger partial charge is 0.361 e. The van der Waals surface area contributed by atoms with Crippen LogP contribution >= 0.6 is 0 Å². The molecule has 9 heteroatoms. The molecule has 0 saturated heterocycles. The van der Waals surface area contributed by atoms with Crippen molar-refractivity contribution in [3.05, 3.63) is 71.4 Å². The molecule has 0 aliphatic heterocycles. The number of urea groups is 1. The number of nitrogens with zero attached hydrogens (tertiary/aromatic N) is 3. The Morgan fingerprint density at radius 1 is 0.972 bits per heavy atom. The number of H-pyrrole nitrogens is 1. The fraction of sp³-hybridized carbons (Fsp3) is 0.407. The monoisotopic (exact) mass is 502 g/mol. The van der Waals surface area contributed by atoms with Gasteiger partial charge in [0.25, 0.3) is 0 Å². The number of aromatic nitrogens is 1. The fourth-order valence-electron chi connectivity index (χ4n) is 4.10. The van der Waals surface area contributed by atoms with Gasteiger partial charge >= 0.3 is 12.2 Å². The van der Waals surface area contributed by atoms with Crippen molar-refractivity contribution in [1.29, 1.82) is 0 Å². The third-order valence-corrected chi connectivity index (χ3v) is 5.90. The molecule has 3 aromatic rings. The van der Waals surface area contributed by atoms with E-state index in [4.69, 9.17) is 0 Å². The highest BCUT2D eigenvalue weighted by molar-refractivity contribution is 5.85. The van der Waals surface area contributed by atoms with Crippen molar-refractivity contribution >= 4 is 22.8 Å². The summed E-state index contributed by atoms with van der Waals surface area (Å²) < 4.78 is 39.0. The van der Waals surface area contributed by atoms with E-state index in [9.17, 15) is 22.8 Å². The van der Waals surface area contributed by atoms with Crippen LogP contribution in [0.2, 0.25) is 0 Å². The lowest BCUT2D eigenvalue weighted by Crippen LogP contribution is -2.47. The summed E-state index contributed by atoms with van der Waals surface area (Å²) in [5.41, 5.74) is 1.89. The zero-order valence-corrected chi connectivity index (χ0v) is 21.1. The molecule has 194 valence electrons. The molecule has 0 bridgehead atoms. The second-order valence-corrected chi connectivity index (χ2v) is 9.57. The van der Waals surface area contributed by atoms with Gasteiger partial charge in [0, 0.05) is 50.8 Å². The molecule has 6 nitrogen and oxygen atoms in total. The molecule has 0 unspecified atom stereocenters. The maximum absolute atomic E-state index is 13.4. The molecule has 3 amide bonds. The Morgan fingerprint density at radius 2 is 1.64 bits per heavy atom. The van der Waals surface area contributed by atoms with Gasteiger partial charge in [-0.2, -0.15) is 13.2 Å². The molecule has 0 aliphatic carbocycles. The van der Waals surface area contributed by atoms with E-state index in [-0.39, 0.29) is 30.9 Å². The second kappa shape index (κ2) is 11.5. The van der Waals surface area contributed by atoms with Crippen LogP contribution in [0.3, 0.4) is 0 Å². The molecule has 0 atom stereocenters. The molecular weight excluding hydrogens is 469 g/mol. The SMILES string of the molecule is CC(C)CN(CC(=O)N(CCc1c[nH]c2ccccc12)Cc1ccc(C(F)(F)F)cc1)C(=O)N(C)C. The van der Waals surface area contributed by atoms with E-state index < -0.39 is 11.7 Å². The number of carbonyl (C=O) groups excluding carboxylic acids is 2. The van der Waals surface area contributed by atoms with Gasteiger partial charge in [-0.05, 0) is 41.7 Å². The summed E-state index contributed by atoms with van der Waals surface area (Å²) in [7, 11) is 3.27. The van der Waals surface area contributed by atoms with Crippen molar-refractivity contribution in [2.45, 2.75) is 33.0 Å². The van der Waals surface area contributed by atoms with Crippen LogP contribution in [0.5, 0.6) is 0 Å².